The molecule has 0 fully saturated rings. The van der Waals surface area contributed by atoms with Crippen molar-refractivity contribution in [3.63, 3.8) is 0 Å². The highest BCUT2D eigenvalue weighted by Crippen LogP contribution is 2.29. The Morgan fingerprint density at radius 1 is 0.941 bits per heavy atom. The molecule has 2 heteroatoms. The summed E-state index contributed by atoms with van der Waals surface area (Å²) >= 11 is 1.82. The molecule has 2 rings (SSSR count). The Morgan fingerprint density at radius 2 is 1.65 bits per heavy atom. The Bertz CT molecular complexity index is 453. The molecule has 0 atom stereocenters. The number of benzene rings is 2. The van der Waals surface area contributed by atoms with Gasteiger partial charge in [-0.15, -0.1) is 0 Å². The van der Waals surface area contributed by atoms with E-state index in [9.17, 15) is 0 Å². The third kappa shape index (κ3) is 3.62. The van der Waals surface area contributed by atoms with E-state index in [1.165, 1.54) is 15.4 Å². The molecule has 0 bridgehead atoms. The minimum absolute atomic E-state index is 0.937. The van der Waals surface area contributed by atoms with E-state index in [2.05, 4.69) is 66.8 Å². The lowest BCUT2D eigenvalue weighted by Gasteiger charge is -2.09. The quantitative estimate of drug-likeness (QED) is 0.853. The lowest BCUT2D eigenvalue weighted by atomic mass is 10.2. The second-order valence-corrected chi connectivity index (χ2v) is 4.92. The lowest BCUT2D eigenvalue weighted by Crippen LogP contribution is -2.12. The van der Waals surface area contributed by atoms with Gasteiger partial charge in [0.15, 0.2) is 0 Å². The summed E-state index contributed by atoms with van der Waals surface area (Å²) < 4.78 is 0. The van der Waals surface area contributed by atoms with Gasteiger partial charge in [0.1, 0.15) is 0 Å². The molecule has 2 aromatic rings. The summed E-state index contributed by atoms with van der Waals surface area (Å²) in [5.74, 6) is 0. The van der Waals surface area contributed by atoms with Crippen molar-refractivity contribution in [1.82, 2.24) is 5.32 Å². The van der Waals surface area contributed by atoms with Crippen LogP contribution in [0.2, 0.25) is 0 Å². The minimum atomic E-state index is 0.937. The molecule has 88 valence electrons. The molecular formula is C15H17NS. The van der Waals surface area contributed by atoms with Gasteiger partial charge in [-0.05, 0) is 30.3 Å². The van der Waals surface area contributed by atoms with Crippen LogP contribution in [0.1, 0.15) is 12.5 Å². The first kappa shape index (κ1) is 12.2. The van der Waals surface area contributed by atoms with E-state index >= 15 is 0 Å². The summed E-state index contributed by atoms with van der Waals surface area (Å²) in [6.07, 6.45) is 0. The molecule has 0 spiro atoms. The number of hydrogen-bond acceptors (Lipinski definition) is 2. The average molecular weight is 243 g/mol. The molecule has 0 aliphatic heterocycles. The van der Waals surface area contributed by atoms with Crippen LogP contribution in [0.3, 0.4) is 0 Å². The highest BCUT2D eigenvalue weighted by molar-refractivity contribution is 7.99. The monoisotopic (exact) mass is 243 g/mol. The van der Waals surface area contributed by atoms with Gasteiger partial charge in [-0.25, -0.2) is 0 Å². The SMILES string of the molecule is CCNCc1ccccc1Sc1ccccc1. The van der Waals surface area contributed by atoms with Gasteiger partial charge in [0.05, 0.1) is 0 Å². The fourth-order valence-corrected chi connectivity index (χ4v) is 2.59. The first-order valence-corrected chi connectivity index (χ1v) is 6.73. The van der Waals surface area contributed by atoms with Crippen LogP contribution in [-0.2, 0) is 6.54 Å². The van der Waals surface area contributed by atoms with Gasteiger partial charge in [0.2, 0.25) is 0 Å². The zero-order valence-corrected chi connectivity index (χ0v) is 10.8. The van der Waals surface area contributed by atoms with Gasteiger partial charge < -0.3 is 5.32 Å². The summed E-state index contributed by atoms with van der Waals surface area (Å²) in [4.78, 5) is 2.62. The van der Waals surface area contributed by atoms with Gasteiger partial charge in [-0.2, -0.15) is 0 Å². The molecule has 0 aromatic heterocycles. The fraction of sp³-hybridized carbons (Fsp3) is 0.200. The summed E-state index contributed by atoms with van der Waals surface area (Å²) in [6.45, 7) is 4.07. The molecule has 2 aromatic carbocycles. The maximum absolute atomic E-state index is 3.38. The topological polar surface area (TPSA) is 12.0 Å². The van der Waals surface area contributed by atoms with Gasteiger partial charge >= 0.3 is 0 Å². The van der Waals surface area contributed by atoms with Crippen molar-refractivity contribution in [3.8, 4) is 0 Å². The summed E-state index contributed by atoms with van der Waals surface area (Å²) in [5.41, 5.74) is 1.36. The van der Waals surface area contributed by atoms with Crippen molar-refractivity contribution in [2.75, 3.05) is 6.54 Å². The van der Waals surface area contributed by atoms with Gasteiger partial charge in [-0.1, -0.05) is 55.1 Å². The van der Waals surface area contributed by atoms with Crippen LogP contribution in [0, 0.1) is 0 Å². The largest absolute Gasteiger partial charge is 0.313 e. The molecule has 0 aliphatic rings. The predicted octanol–water partition coefficient (Wildman–Crippen LogP) is 3.95. The molecule has 0 heterocycles. The van der Waals surface area contributed by atoms with Crippen molar-refractivity contribution >= 4 is 11.8 Å². The first-order valence-electron chi connectivity index (χ1n) is 5.91. The summed E-state index contributed by atoms with van der Waals surface area (Å²) in [7, 11) is 0. The summed E-state index contributed by atoms with van der Waals surface area (Å²) in [6, 6.07) is 19.1. The Hall–Kier alpha value is -1.25. The molecular weight excluding hydrogens is 226 g/mol. The smallest absolute Gasteiger partial charge is 0.0216 e. The van der Waals surface area contributed by atoms with Gasteiger partial charge in [0, 0.05) is 16.3 Å². The third-order valence-corrected chi connectivity index (χ3v) is 3.64. The van der Waals surface area contributed by atoms with Crippen LogP contribution >= 0.6 is 11.8 Å². The van der Waals surface area contributed by atoms with Crippen molar-refractivity contribution in [2.24, 2.45) is 0 Å². The Morgan fingerprint density at radius 3 is 2.41 bits per heavy atom. The zero-order valence-electron chi connectivity index (χ0n) is 10.0. The van der Waals surface area contributed by atoms with E-state index in [1.54, 1.807) is 0 Å². The van der Waals surface area contributed by atoms with Gasteiger partial charge in [-0.3, -0.25) is 0 Å². The summed E-state index contributed by atoms with van der Waals surface area (Å²) in [5, 5.41) is 3.38. The molecule has 0 radical (unpaired) electrons. The van der Waals surface area contributed by atoms with E-state index in [0.29, 0.717) is 0 Å². The lowest BCUT2D eigenvalue weighted by molar-refractivity contribution is 0.718. The maximum atomic E-state index is 3.38. The Balaban J connectivity index is 2.15. The van der Waals surface area contributed by atoms with Crippen LogP contribution in [0.25, 0.3) is 0 Å². The molecule has 0 aliphatic carbocycles. The standard InChI is InChI=1S/C15H17NS/c1-2-16-12-13-8-6-7-11-15(13)17-14-9-4-3-5-10-14/h3-11,16H,2,12H2,1H3. The Labute approximate surface area is 107 Å². The molecule has 0 unspecified atom stereocenters. The van der Waals surface area contributed by atoms with Crippen molar-refractivity contribution in [1.29, 1.82) is 0 Å². The van der Waals surface area contributed by atoms with E-state index in [4.69, 9.17) is 0 Å². The van der Waals surface area contributed by atoms with Crippen LogP contribution in [0.15, 0.2) is 64.4 Å². The number of rotatable bonds is 5. The molecule has 0 amide bonds. The molecule has 0 saturated carbocycles. The van der Waals surface area contributed by atoms with Gasteiger partial charge in [0.25, 0.3) is 0 Å². The average Bonchev–Trinajstić information content (AvgIpc) is 2.39. The molecule has 0 saturated heterocycles. The maximum Gasteiger partial charge on any atom is 0.0216 e. The van der Waals surface area contributed by atoms with E-state index in [-0.39, 0.29) is 0 Å². The fourth-order valence-electron chi connectivity index (χ4n) is 1.62. The Kier molecular flexibility index (Phi) is 4.65. The van der Waals surface area contributed by atoms with Crippen LogP contribution in [-0.4, -0.2) is 6.54 Å². The highest BCUT2D eigenvalue weighted by Gasteiger charge is 2.02. The van der Waals surface area contributed by atoms with Crippen molar-refractivity contribution in [2.45, 2.75) is 23.3 Å². The van der Waals surface area contributed by atoms with E-state index in [0.717, 1.165) is 13.1 Å². The number of hydrogen-bond donors (Lipinski definition) is 1. The normalized spacial score (nSPS) is 10.4. The van der Waals surface area contributed by atoms with Crippen LogP contribution in [0.4, 0.5) is 0 Å². The van der Waals surface area contributed by atoms with E-state index < -0.39 is 0 Å². The minimum Gasteiger partial charge on any atom is -0.313 e. The first-order chi connectivity index (χ1) is 8.40. The molecule has 1 nitrogen and oxygen atoms in total. The van der Waals surface area contributed by atoms with Crippen molar-refractivity contribution in [3.05, 3.63) is 60.2 Å². The second kappa shape index (κ2) is 6.48. The third-order valence-electron chi connectivity index (χ3n) is 2.51. The van der Waals surface area contributed by atoms with Crippen LogP contribution in [0.5, 0.6) is 0 Å². The second-order valence-electron chi connectivity index (χ2n) is 3.80. The van der Waals surface area contributed by atoms with Crippen molar-refractivity contribution < 1.29 is 0 Å². The highest BCUT2D eigenvalue weighted by atomic mass is 32.2. The van der Waals surface area contributed by atoms with E-state index in [1.807, 2.05) is 11.8 Å². The predicted molar refractivity (Wildman–Crippen MR) is 74.4 cm³/mol. The zero-order chi connectivity index (χ0) is 11.9. The number of nitrogens with one attached hydrogen (secondary N) is 1. The van der Waals surface area contributed by atoms with Crippen LogP contribution < -0.4 is 5.32 Å². The molecule has 17 heavy (non-hydrogen) atoms. The molecule has 1 N–H and O–H groups in total.